The molecule has 1 fully saturated rings. The van der Waals surface area contributed by atoms with Crippen LogP contribution in [0, 0.1) is 0 Å². The second-order valence-corrected chi connectivity index (χ2v) is 6.16. The van der Waals surface area contributed by atoms with Gasteiger partial charge in [0.15, 0.2) is 0 Å². The maximum Gasteiger partial charge on any atom is 0.238 e. The number of likely N-dealkylation sites (tertiary alicyclic amines) is 1. The van der Waals surface area contributed by atoms with Crippen LogP contribution in [0.3, 0.4) is 0 Å². The summed E-state index contributed by atoms with van der Waals surface area (Å²) in [5.41, 5.74) is 1.38. The van der Waals surface area contributed by atoms with Crippen LogP contribution in [0.4, 0.5) is 0 Å². The second-order valence-electron chi connectivity index (χ2n) is 6.16. The molecule has 0 spiro atoms. The molecule has 0 aromatic heterocycles. The molecule has 2 rings (SSSR count). The Morgan fingerprint density at radius 3 is 2.48 bits per heavy atom. The van der Waals surface area contributed by atoms with Gasteiger partial charge in [-0.2, -0.15) is 0 Å². The van der Waals surface area contributed by atoms with Crippen molar-refractivity contribution in [2.75, 3.05) is 27.2 Å². The first-order valence-electron chi connectivity index (χ1n) is 7.79. The van der Waals surface area contributed by atoms with Crippen LogP contribution in [0.25, 0.3) is 0 Å². The minimum absolute atomic E-state index is 0.0920. The van der Waals surface area contributed by atoms with Gasteiger partial charge in [0.2, 0.25) is 5.91 Å². The Labute approximate surface area is 128 Å². The van der Waals surface area contributed by atoms with Crippen LogP contribution in [-0.4, -0.2) is 55.0 Å². The van der Waals surface area contributed by atoms with Gasteiger partial charge in [0, 0.05) is 26.7 Å². The normalized spacial score (nSPS) is 18.4. The third-order valence-electron chi connectivity index (χ3n) is 4.13. The van der Waals surface area contributed by atoms with Crippen LogP contribution in [0.15, 0.2) is 30.3 Å². The van der Waals surface area contributed by atoms with E-state index in [1.165, 1.54) is 5.56 Å². The highest BCUT2D eigenvalue weighted by Gasteiger charge is 2.23. The zero-order chi connectivity index (χ0) is 15.2. The summed E-state index contributed by atoms with van der Waals surface area (Å²) in [5.74, 6) is 0.154. The molecular formula is C17H27N3O. The first-order chi connectivity index (χ1) is 10.1. The Bertz CT molecular complexity index is 439. The number of carbonyl (C=O) groups is 1. The van der Waals surface area contributed by atoms with E-state index >= 15 is 0 Å². The number of benzene rings is 1. The Morgan fingerprint density at radius 1 is 1.29 bits per heavy atom. The van der Waals surface area contributed by atoms with E-state index in [1.54, 1.807) is 4.90 Å². The van der Waals surface area contributed by atoms with Gasteiger partial charge in [-0.1, -0.05) is 30.3 Å². The third-order valence-corrected chi connectivity index (χ3v) is 4.13. The lowest BCUT2D eigenvalue weighted by Crippen LogP contribution is -2.50. The SMILES string of the molecule is CC(NC1CCN(Cc2ccccc2)CC1)C(=O)N(C)C. The first kappa shape index (κ1) is 16.0. The van der Waals surface area contributed by atoms with E-state index in [0.29, 0.717) is 6.04 Å². The summed E-state index contributed by atoms with van der Waals surface area (Å²) in [4.78, 5) is 16.0. The molecule has 0 radical (unpaired) electrons. The molecule has 1 aliphatic heterocycles. The number of hydrogen-bond donors (Lipinski definition) is 1. The molecule has 1 saturated heterocycles. The van der Waals surface area contributed by atoms with Crippen molar-refractivity contribution in [3.05, 3.63) is 35.9 Å². The Hall–Kier alpha value is -1.39. The zero-order valence-corrected chi connectivity index (χ0v) is 13.4. The maximum atomic E-state index is 11.9. The largest absolute Gasteiger partial charge is 0.347 e. The molecule has 1 aromatic rings. The minimum atomic E-state index is -0.0920. The average Bonchev–Trinajstić information content (AvgIpc) is 2.49. The fourth-order valence-corrected chi connectivity index (χ4v) is 2.91. The second kappa shape index (κ2) is 7.57. The summed E-state index contributed by atoms with van der Waals surface area (Å²) in [6.45, 7) is 5.17. The molecule has 1 amide bonds. The number of amides is 1. The van der Waals surface area contributed by atoms with Gasteiger partial charge in [-0.3, -0.25) is 9.69 Å². The van der Waals surface area contributed by atoms with Crippen molar-refractivity contribution in [3.63, 3.8) is 0 Å². The van der Waals surface area contributed by atoms with Crippen molar-refractivity contribution >= 4 is 5.91 Å². The quantitative estimate of drug-likeness (QED) is 0.896. The standard InChI is InChI=1S/C17H27N3O/c1-14(17(21)19(2)3)18-16-9-11-20(12-10-16)13-15-7-5-4-6-8-15/h4-8,14,16,18H,9-13H2,1-3H3. The molecule has 4 nitrogen and oxygen atoms in total. The minimum Gasteiger partial charge on any atom is -0.347 e. The summed E-state index contributed by atoms with van der Waals surface area (Å²) in [7, 11) is 3.62. The Kier molecular flexibility index (Phi) is 5.76. The topological polar surface area (TPSA) is 35.6 Å². The summed E-state index contributed by atoms with van der Waals surface area (Å²) < 4.78 is 0. The maximum absolute atomic E-state index is 11.9. The van der Waals surface area contributed by atoms with Crippen molar-refractivity contribution in [1.29, 1.82) is 0 Å². The van der Waals surface area contributed by atoms with Gasteiger partial charge in [0.05, 0.1) is 6.04 Å². The molecule has 1 atom stereocenters. The number of nitrogens with one attached hydrogen (secondary N) is 1. The molecule has 1 unspecified atom stereocenters. The highest BCUT2D eigenvalue weighted by molar-refractivity contribution is 5.80. The monoisotopic (exact) mass is 289 g/mol. The highest BCUT2D eigenvalue weighted by atomic mass is 16.2. The molecule has 0 aliphatic carbocycles. The molecule has 1 N–H and O–H groups in total. The van der Waals surface area contributed by atoms with Gasteiger partial charge < -0.3 is 10.2 Å². The van der Waals surface area contributed by atoms with Gasteiger partial charge in [-0.15, -0.1) is 0 Å². The lowest BCUT2D eigenvalue weighted by atomic mass is 10.0. The molecular weight excluding hydrogens is 262 g/mol. The van der Waals surface area contributed by atoms with E-state index in [0.717, 1.165) is 32.5 Å². The lowest BCUT2D eigenvalue weighted by Gasteiger charge is -2.34. The van der Waals surface area contributed by atoms with Crippen LogP contribution in [0.1, 0.15) is 25.3 Å². The summed E-state index contributed by atoms with van der Waals surface area (Å²) >= 11 is 0. The van der Waals surface area contributed by atoms with Crippen molar-refractivity contribution in [3.8, 4) is 0 Å². The van der Waals surface area contributed by atoms with Crippen LogP contribution in [0.2, 0.25) is 0 Å². The van der Waals surface area contributed by atoms with Crippen LogP contribution < -0.4 is 5.32 Å². The predicted octanol–water partition coefficient (Wildman–Crippen LogP) is 1.72. The lowest BCUT2D eigenvalue weighted by molar-refractivity contribution is -0.130. The summed E-state index contributed by atoms with van der Waals surface area (Å²) in [5, 5.41) is 3.47. The van der Waals surface area contributed by atoms with Crippen LogP contribution >= 0.6 is 0 Å². The number of nitrogens with zero attached hydrogens (tertiary/aromatic N) is 2. The van der Waals surface area contributed by atoms with Gasteiger partial charge in [-0.25, -0.2) is 0 Å². The number of carbonyl (C=O) groups excluding carboxylic acids is 1. The number of rotatable bonds is 5. The van der Waals surface area contributed by atoms with E-state index in [9.17, 15) is 4.79 Å². The van der Waals surface area contributed by atoms with Crippen molar-refractivity contribution in [1.82, 2.24) is 15.1 Å². The van der Waals surface area contributed by atoms with E-state index in [1.807, 2.05) is 21.0 Å². The average molecular weight is 289 g/mol. The zero-order valence-electron chi connectivity index (χ0n) is 13.4. The van der Waals surface area contributed by atoms with Gasteiger partial charge in [0.25, 0.3) is 0 Å². The first-order valence-corrected chi connectivity index (χ1v) is 7.79. The van der Waals surface area contributed by atoms with E-state index in [2.05, 4.69) is 40.5 Å². The molecule has 1 heterocycles. The van der Waals surface area contributed by atoms with Crippen LogP contribution in [0.5, 0.6) is 0 Å². The van der Waals surface area contributed by atoms with E-state index in [-0.39, 0.29) is 11.9 Å². The highest BCUT2D eigenvalue weighted by Crippen LogP contribution is 2.14. The smallest absolute Gasteiger partial charge is 0.238 e. The van der Waals surface area contributed by atoms with Crippen molar-refractivity contribution < 1.29 is 4.79 Å². The molecule has 4 heteroatoms. The van der Waals surface area contributed by atoms with E-state index < -0.39 is 0 Å². The fourth-order valence-electron chi connectivity index (χ4n) is 2.91. The van der Waals surface area contributed by atoms with Gasteiger partial charge in [0.1, 0.15) is 0 Å². The molecule has 21 heavy (non-hydrogen) atoms. The number of likely N-dealkylation sites (N-methyl/N-ethyl adjacent to an activating group) is 1. The number of hydrogen-bond acceptors (Lipinski definition) is 3. The summed E-state index contributed by atoms with van der Waals surface area (Å²) in [6, 6.07) is 11.0. The number of piperidine rings is 1. The van der Waals surface area contributed by atoms with Gasteiger partial charge in [-0.05, 0) is 38.4 Å². The van der Waals surface area contributed by atoms with Crippen molar-refractivity contribution in [2.45, 2.75) is 38.4 Å². The fraction of sp³-hybridized carbons (Fsp3) is 0.588. The summed E-state index contributed by atoms with van der Waals surface area (Å²) in [6.07, 6.45) is 2.22. The predicted molar refractivity (Wildman–Crippen MR) is 86.0 cm³/mol. The van der Waals surface area contributed by atoms with E-state index in [4.69, 9.17) is 0 Å². The van der Waals surface area contributed by atoms with Crippen LogP contribution in [-0.2, 0) is 11.3 Å². The Balaban J connectivity index is 1.74. The molecule has 0 saturated carbocycles. The molecule has 1 aliphatic rings. The Morgan fingerprint density at radius 2 is 1.90 bits per heavy atom. The molecule has 116 valence electrons. The third kappa shape index (κ3) is 4.83. The molecule has 0 bridgehead atoms. The van der Waals surface area contributed by atoms with Crippen molar-refractivity contribution in [2.24, 2.45) is 0 Å². The van der Waals surface area contributed by atoms with Gasteiger partial charge >= 0.3 is 0 Å². The molecule has 1 aromatic carbocycles.